The van der Waals surface area contributed by atoms with Crippen molar-refractivity contribution in [2.45, 2.75) is 36.3 Å². The smallest absolute Gasteiger partial charge is 0.261 e. The Labute approximate surface area is 143 Å². The van der Waals surface area contributed by atoms with Gasteiger partial charge in [-0.25, -0.2) is 13.4 Å². The van der Waals surface area contributed by atoms with Crippen LogP contribution in [-0.4, -0.2) is 56.6 Å². The lowest BCUT2D eigenvalue weighted by Gasteiger charge is -2.41. The number of nitrogens with zero attached hydrogens (tertiary/aromatic N) is 3. The Morgan fingerprint density at radius 2 is 2.17 bits per heavy atom. The molecule has 1 saturated carbocycles. The average molecular weight is 349 g/mol. The number of sulfonamides is 1. The van der Waals surface area contributed by atoms with Crippen molar-refractivity contribution >= 4 is 15.8 Å². The van der Waals surface area contributed by atoms with E-state index >= 15 is 0 Å². The molecule has 3 rings (SSSR count). The van der Waals surface area contributed by atoms with Crippen molar-refractivity contribution in [1.29, 1.82) is 0 Å². The number of hydrogen-bond acceptors (Lipinski definition) is 5. The summed E-state index contributed by atoms with van der Waals surface area (Å²) in [5.41, 5.74) is -0.0882. The van der Waals surface area contributed by atoms with Gasteiger partial charge in [0.1, 0.15) is 5.82 Å². The van der Waals surface area contributed by atoms with Gasteiger partial charge in [0.25, 0.3) is 10.0 Å². The van der Waals surface area contributed by atoms with Crippen LogP contribution in [0.4, 0.5) is 5.82 Å². The third kappa shape index (κ3) is 3.27. The molecule has 0 N–H and O–H groups in total. The number of terminal acetylenes is 1. The molecule has 2 aliphatic rings. The maximum atomic E-state index is 12.5. The highest BCUT2D eigenvalue weighted by atomic mass is 32.2. The molecule has 2 heterocycles. The second kappa shape index (κ2) is 6.71. The van der Waals surface area contributed by atoms with E-state index in [1.807, 2.05) is 6.07 Å². The maximum Gasteiger partial charge on any atom is 0.261 e. The minimum Gasteiger partial charge on any atom is -0.371 e. The van der Waals surface area contributed by atoms with Crippen molar-refractivity contribution < 1.29 is 13.2 Å². The first-order valence-corrected chi connectivity index (χ1v) is 9.67. The summed E-state index contributed by atoms with van der Waals surface area (Å²) in [7, 11) is -2.20. The topological polar surface area (TPSA) is 62.7 Å². The summed E-state index contributed by atoms with van der Waals surface area (Å²) in [6, 6.07) is 5.10. The highest BCUT2D eigenvalue weighted by Crippen LogP contribution is 2.36. The van der Waals surface area contributed by atoms with Crippen LogP contribution in [0.1, 0.15) is 25.7 Å². The summed E-state index contributed by atoms with van der Waals surface area (Å²) in [4.78, 5) is 6.53. The Morgan fingerprint density at radius 3 is 2.88 bits per heavy atom. The molecule has 6 nitrogen and oxygen atoms in total. The molecule has 0 radical (unpaired) electrons. The molecule has 0 aromatic carbocycles. The first-order valence-electron chi connectivity index (χ1n) is 8.23. The molecule has 1 aliphatic carbocycles. The number of hydrogen-bond donors (Lipinski definition) is 0. The van der Waals surface area contributed by atoms with Gasteiger partial charge >= 0.3 is 0 Å². The monoisotopic (exact) mass is 349 g/mol. The molecule has 0 unspecified atom stereocenters. The van der Waals surface area contributed by atoms with Crippen LogP contribution in [0.5, 0.6) is 0 Å². The summed E-state index contributed by atoms with van der Waals surface area (Å²) in [5, 5.41) is 0.0321. The SMILES string of the molecule is C#CCN(C)S(=O)(=O)c1cccc(N2CCOC3(CCCC3)C2)n1. The van der Waals surface area contributed by atoms with Gasteiger partial charge in [-0.05, 0) is 25.0 Å². The summed E-state index contributed by atoms with van der Waals surface area (Å²) in [6.07, 6.45) is 9.72. The normalized spacial score (nSPS) is 20.5. The Hall–Kier alpha value is -1.62. The summed E-state index contributed by atoms with van der Waals surface area (Å²) < 4.78 is 32.2. The number of anilines is 1. The Bertz CT molecular complexity index is 736. The molecule has 1 aromatic heterocycles. The van der Waals surface area contributed by atoms with E-state index in [0.717, 1.165) is 30.2 Å². The minimum absolute atomic E-state index is 0.0227. The minimum atomic E-state index is -3.67. The lowest BCUT2D eigenvalue weighted by atomic mass is 10.00. The molecule has 0 bridgehead atoms. The largest absolute Gasteiger partial charge is 0.371 e. The third-order valence-corrected chi connectivity index (χ3v) is 6.49. The van der Waals surface area contributed by atoms with E-state index in [9.17, 15) is 8.42 Å². The Balaban J connectivity index is 1.84. The zero-order valence-corrected chi connectivity index (χ0v) is 14.8. The molecule has 130 valence electrons. The molecule has 1 aliphatic heterocycles. The van der Waals surface area contributed by atoms with Gasteiger partial charge in [-0.2, -0.15) is 4.31 Å². The quantitative estimate of drug-likeness (QED) is 0.771. The fourth-order valence-electron chi connectivity index (χ4n) is 3.46. The van der Waals surface area contributed by atoms with Gasteiger partial charge in [0, 0.05) is 20.1 Å². The number of ether oxygens (including phenoxy) is 1. The summed E-state index contributed by atoms with van der Waals surface area (Å²) >= 11 is 0. The molecule has 1 spiro atoms. The lowest BCUT2D eigenvalue weighted by Crippen LogP contribution is -2.50. The van der Waals surface area contributed by atoms with Gasteiger partial charge < -0.3 is 9.64 Å². The van der Waals surface area contributed by atoms with E-state index in [1.165, 1.54) is 26.0 Å². The summed E-state index contributed by atoms with van der Waals surface area (Å²) in [6.45, 7) is 2.16. The van der Waals surface area contributed by atoms with Crippen molar-refractivity contribution in [3.05, 3.63) is 18.2 Å². The van der Waals surface area contributed by atoms with E-state index in [1.54, 1.807) is 6.07 Å². The fraction of sp³-hybridized carbons (Fsp3) is 0.588. The van der Waals surface area contributed by atoms with Crippen molar-refractivity contribution in [1.82, 2.24) is 9.29 Å². The van der Waals surface area contributed by atoms with E-state index in [-0.39, 0.29) is 17.2 Å². The highest BCUT2D eigenvalue weighted by Gasteiger charge is 2.39. The van der Waals surface area contributed by atoms with Crippen molar-refractivity contribution in [3.8, 4) is 12.3 Å². The van der Waals surface area contributed by atoms with Gasteiger partial charge in [0.15, 0.2) is 5.03 Å². The van der Waals surface area contributed by atoms with Gasteiger partial charge in [-0.1, -0.05) is 24.8 Å². The van der Waals surface area contributed by atoms with Crippen molar-refractivity contribution in [2.75, 3.05) is 38.2 Å². The van der Waals surface area contributed by atoms with Crippen LogP contribution in [-0.2, 0) is 14.8 Å². The molecular formula is C17H23N3O3S. The molecule has 1 saturated heterocycles. The zero-order valence-electron chi connectivity index (χ0n) is 13.9. The van der Waals surface area contributed by atoms with Crippen molar-refractivity contribution in [2.24, 2.45) is 0 Å². The first kappa shape index (κ1) is 17.2. The molecular weight excluding hydrogens is 326 g/mol. The van der Waals surface area contributed by atoms with Crippen LogP contribution >= 0.6 is 0 Å². The molecule has 1 aromatic rings. The van der Waals surface area contributed by atoms with E-state index in [0.29, 0.717) is 12.4 Å². The predicted octanol–water partition coefficient (Wildman–Crippen LogP) is 1.48. The second-order valence-corrected chi connectivity index (χ2v) is 8.45. The molecule has 24 heavy (non-hydrogen) atoms. The second-order valence-electron chi connectivity index (χ2n) is 6.46. The third-order valence-electron chi connectivity index (χ3n) is 4.78. The molecule has 2 fully saturated rings. The van der Waals surface area contributed by atoms with E-state index in [4.69, 9.17) is 11.2 Å². The predicted molar refractivity (Wildman–Crippen MR) is 92.2 cm³/mol. The van der Waals surface area contributed by atoms with E-state index < -0.39 is 10.0 Å². The van der Waals surface area contributed by atoms with Gasteiger partial charge in [-0.3, -0.25) is 0 Å². The average Bonchev–Trinajstić information content (AvgIpc) is 3.03. The Morgan fingerprint density at radius 1 is 1.42 bits per heavy atom. The number of rotatable bonds is 4. The lowest BCUT2D eigenvalue weighted by molar-refractivity contribution is -0.0503. The van der Waals surface area contributed by atoms with Crippen LogP contribution in [0.3, 0.4) is 0 Å². The van der Waals surface area contributed by atoms with Crippen LogP contribution < -0.4 is 4.90 Å². The first-order chi connectivity index (χ1) is 11.5. The van der Waals surface area contributed by atoms with Gasteiger partial charge in [0.2, 0.25) is 0 Å². The van der Waals surface area contributed by atoms with Crippen LogP contribution in [0, 0.1) is 12.3 Å². The molecule has 0 atom stereocenters. The zero-order chi connectivity index (χ0) is 17.2. The van der Waals surface area contributed by atoms with Gasteiger partial charge in [-0.15, -0.1) is 6.42 Å². The Kier molecular flexibility index (Phi) is 4.81. The van der Waals surface area contributed by atoms with Crippen molar-refractivity contribution in [3.63, 3.8) is 0 Å². The maximum absolute atomic E-state index is 12.5. The van der Waals surface area contributed by atoms with Crippen LogP contribution in [0.25, 0.3) is 0 Å². The van der Waals surface area contributed by atoms with E-state index in [2.05, 4.69) is 15.8 Å². The number of aromatic nitrogens is 1. The van der Waals surface area contributed by atoms with Crippen LogP contribution in [0.2, 0.25) is 0 Å². The summed E-state index contributed by atoms with van der Waals surface area (Å²) in [5.74, 6) is 3.03. The molecule has 0 amide bonds. The molecule has 7 heteroatoms. The highest BCUT2D eigenvalue weighted by molar-refractivity contribution is 7.89. The van der Waals surface area contributed by atoms with Crippen LogP contribution in [0.15, 0.2) is 23.2 Å². The number of pyridine rings is 1. The standard InChI is InChI=1S/C17H23N3O3S/c1-3-11-19(2)24(21,22)16-8-6-7-15(18-16)20-12-13-23-17(14-20)9-4-5-10-17/h1,6-8H,4-5,9-14H2,2H3. The fourth-order valence-corrected chi connectivity index (χ4v) is 4.48. The van der Waals surface area contributed by atoms with Gasteiger partial charge in [0.05, 0.1) is 18.8 Å². The number of morpholine rings is 1.